The van der Waals surface area contributed by atoms with Crippen molar-refractivity contribution in [1.82, 2.24) is 5.32 Å². The van der Waals surface area contributed by atoms with Crippen LogP contribution in [0, 0.1) is 12.8 Å². The van der Waals surface area contributed by atoms with Gasteiger partial charge in [-0.3, -0.25) is 0 Å². The summed E-state index contributed by atoms with van der Waals surface area (Å²) in [4.78, 5) is 0. The van der Waals surface area contributed by atoms with E-state index in [1.807, 2.05) is 6.07 Å². The molecular formula is C15H25NO2. The van der Waals surface area contributed by atoms with Crippen molar-refractivity contribution in [2.75, 3.05) is 19.8 Å². The maximum absolute atomic E-state index is 8.77. The van der Waals surface area contributed by atoms with E-state index in [2.05, 4.69) is 38.2 Å². The van der Waals surface area contributed by atoms with Gasteiger partial charge in [-0.25, -0.2) is 0 Å². The fourth-order valence-corrected chi connectivity index (χ4v) is 1.73. The van der Waals surface area contributed by atoms with Crippen molar-refractivity contribution >= 4 is 0 Å². The van der Waals surface area contributed by atoms with Crippen LogP contribution in [0.3, 0.4) is 0 Å². The Balaban J connectivity index is 2.58. The van der Waals surface area contributed by atoms with Gasteiger partial charge in [-0.2, -0.15) is 0 Å². The van der Waals surface area contributed by atoms with Gasteiger partial charge >= 0.3 is 0 Å². The Morgan fingerprint density at radius 1 is 1.33 bits per heavy atom. The predicted molar refractivity (Wildman–Crippen MR) is 74.9 cm³/mol. The molecular weight excluding hydrogens is 226 g/mol. The second-order valence-electron chi connectivity index (χ2n) is 5.06. The largest absolute Gasteiger partial charge is 0.493 e. The third-order valence-electron chi connectivity index (χ3n) is 2.64. The summed E-state index contributed by atoms with van der Waals surface area (Å²) in [5.41, 5.74) is 2.43. The van der Waals surface area contributed by atoms with E-state index in [9.17, 15) is 0 Å². The molecule has 102 valence electrons. The summed E-state index contributed by atoms with van der Waals surface area (Å²) in [5, 5.41) is 12.2. The number of ether oxygens (including phenoxy) is 1. The molecule has 0 unspecified atom stereocenters. The van der Waals surface area contributed by atoms with Gasteiger partial charge in [0.2, 0.25) is 0 Å². The first-order valence-electron chi connectivity index (χ1n) is 6.67. The van der Waals surface area contributed by atoms with E-state index in [1.54, 1.807) is 0 Å². The Labute approximate surface area is 110 Å². The van der Waals surface area contributed by atoms with Gasteiger partial charge in [0.15, 0.2) is 0 Å². The van der Waals surface area contributed by atoms with Crippen molar-refractivity contribution in [3.63, 3.8) is 0 Å². The van der Waals surface area contributed by atoms with Crippen LogP contribution in [0.25, 0.3) is 0 Å². The summed E-state index contributed by atoms with van der Waals surface area (Å²) in [6, 6.07) is 6.22. The summed E-state index contributed by atoms with van der Waals surface area (Å²) < 4.78 is 5.69. The van der Waals surface area contributed by atoms with Crippen molar-refractivity contribution in [3.05, 3.63) is 29.3 Å². The number of hydrogen-bond donors (Lipinski definition) is 2. The maximum atomic E-state index is 8.77. The average molecular weight is 251 g/mol. The monoisotopic (exact) mass is 251 g/mol. The minimum Gasteiger partial charge on any atom is -0.493 e. The lowest BCUT2D eigenvalue weighted by Crippen LogP contribution is -2.19. The maximum Gasteiger partial charge on any atom is 0.123 e. The molecule has 0 aliphatic heterocycles. The number of benzene rings is 1. The second-order valence-corrected chi connectivity index (χ2v) is 5.06. The predicted octanol–water partition coefficient (Wildman–Crippen LogP) is 2.50. The van der Waals surface area contributed by atoms with Crippen LogP contribution in [-0.2, 0) is 6.54 Å². The summed E-state index contributed by atoms with van der Waals surface area (Å²) in [7, 11) is 0. The molecule has 0 aliphatic rings. The van der Waals surface area contributed by atoms with Gasteiger partial charge in [0.05, 0.1) is 6.61 Å². The Bertz CT molecular complexity index is 350. The Kier molecular flexibility index (Phi) is 6.76. The Morgan fingerprint density at radius 2 is 2.11 bits per heavy atom. The molecule has 0 heterocycles. The molecule has 2 N–H and O–H groups in total. The highest BCUT2D eigenvalue weighted by atomic mass is 16.5. The Hall–Kier alpha value is -1.06. The highest BCUT2D eigenvalue weighted by molar-refractivity contribution is 5.36. The molecule has 0 spiro atoms. The minimum atomic E-state index is 0.173. The standard InChI is InChI=1S/C15H25NO2/c1-12(2)10-16-11-14-9-13(3)5-6-15(14)18-8-4-7-17/h5-6,9,12,16-17H,4,7-8,10-11H2,1-3H3. The average Bonchev–Trinajstić information content (AvgIpc) is 2.31. The summed E-state index contributed by atoms with van der Waals surface area (Å²) in [6.45, 7) is 9.05. The molecule has 0 amide bonds. The molecule has 1 rings (SSSR count). The number of aryl methyl sites for hydroxylation is 1. The molecule has 1 aromatic carbocycles. The zero-order chi connectivity index (χ0) is 13.4. The summed E-state index contributed by atoms with van der Waals surface area (Å²) >= 11 is 0. The molecule has 0 fully saturated rings. The lowest BCUT2D eigenvalue weighted by Gasteiger charge is -2.13. The van der Waals surface area contributed by atoms with Gasteiger partial charge in [-0.15, -0.1) is 0 Å². The van der Waals surface area contributed by atoms with E-state index in [-0.39, 0.29) is 6.61 Å². The molecule has 0 radical (unpaired) electrons. The third kappa shape index (κ3) is 5.52. The molecule has 0 atom stereocenters. The van der Waals surface area contributed by atoms with Crippen molar-refractivity contribution in [3.8, 4) is 5.75 Å². The zero-order valence-corrected chi connectivity index (χ0v) is 11.7. The minimum absolute atomic E-state index is 0.173. The fourth-order valence-electron chi connectivity index (χ4n) is 1.73. The number of aliphatic hydroxyl groups excluding tert-OH is 1. The van der Waals surface area contributed by atoms with E-state index in [0.717, 1.165) is 18.8 Å². The van der Waals surface area contributed by atoms with E-state index < -0.39 is 0 Å². The van der Waals surface area contributed by atoms with Crippen LogP contribution in [0.5, 0.6) is 5.75 Å². The third-order valence-corrected chi connectivity index (χ3v) is 2.64. The van der Waals surface area contributed by atoms with Crippen LogP contribution in [0.15, 0.2) is 18.2 Å². The van der Waals surface area contributed by atoms with Crippen LogP contribution in [0.4, 0.5) is 0 Å². The quantitative estimate of drug-likeness (QED) is 0.698. The van der Waals surface area contributed by atoms with Gasteiger partial charge in [0.25, 0.3) is 0 Å². The molecule has 18 heavy (non-hydrogen) atoms. The van der Waals surface area contributed by atoms with E-state index in [0.29, 0.717) is 18.9 Å². The SMILES string of the molecule is Cc1ccc(OCCCO)c(CNCC(C)C)c1. The van der Waals surface area contributed by atoms with Crippen LogP contribution in [-0.4, -0.2) is 24.9 Å². The smallest absolute Gasteiger partial charge is 0.123 e. The van der Waals surface area contributed by atoms with Crippen LogP contribution >= 0.6 is 0 Å². The molecule has 3 heteroatoms. The number of rotatable bonds is 8. The molecule has 3 nitrogen and oxygen atoms in total. The first-order chi connectivity index (χ1) is 8.63. The van der Waals surface area contributed by atoms with E-state index in [1.165, 1.54) is 11.1 Å². The summed E-state index contributed by atoms with van der Waals surface area (Å²) in [6.07, 6.45) is 0.673. The van der Waals surface area contributed by atoms with Crippen molar-refractivity contribution in [2.45, 2.75) is 33.7 Å². The zero-order valence-electron chi connectivity index (χ0n) is 11.7. The van der Waals surface area contributed by atoms with E-state index in [4.69, 9.17) is 9.84 Å². The van der Waals surface area contributed by atoms with Gasteiger partial charge in [0.1, 0.15) is 5.75 Å². The molecule has 1 aromatic rings. The lowest BCUT2D eigenvalue weighted by atomic mass is 10.1. The number of nitrogens with one attached hydrogen (secondary N) is 1. The number of aliphatic hydroxyl groups is 1. The first-order valence-corrected chi connectivity index (χ1v) is 6.67. The second kappa shape index (κ2) is 8.11. The molecule has 0 saturated carbocycles. The van der Waals surface area contributed by atoms with Gasteiger partial charge in [-0.05, 0) is 25.5 Å². The van der Waals surface area contributed by atoms with Crippen LogP contribution in [0.1, 0.15) is 31.4 Å². The molecule has 0 saturated heterocycles. The highest BCUT2D eigenvalue weighted by Crippen LogP contribution is 2.20. The van der Waals surface area contributed by atoms with Gasteiger partial charge in [0, 0.05) is 25.1 Å². The fraction of sp³-hybridized carbons (Fsp3) is 0.600. The van der Waals surface area contributed by atoms with Crippen molar-refractivity contribution in [2.24, 2.45) is 5.92 Å². The highest BCUT2D eigenvalue weighted by Gasteiger charge is 2.04. The van der Waals surface area contributed by atoms with Gasteiger partial charge < -0.3 is 15.2 Å². The normalized spacial score (nSPS) is 10.9. The summed E-state index contributed by atoms with van der Waals surface area (Å²) in [5.74, 6) is 1.57. The molecule has 0 aliphatic carbocycles. The van der Waals surface area contributed by atoms with Gasteiger partial charge in [-0.1, -0.05) is 31.5 Å². The lowest BCUT2D eigenvalue weighted by molar-refractivity contribution is 0.232. The van der Waals surface area contributed by atoms with E-state index >= 15 is 0 Å². The first kappa shape index (κ1) is 15.0. The Morgan fingerprint density at radius 3 is 2.78 bits per heavy atom. The van der Waals surface area contributed by atoms with Crippen LogP contribution in [0.2, 0.25) is 0 Å². The number of hydrogen-bond acceptors (Lipinski definition) is 3. The van der Waals surface area contributed by atoms with Crippen LogP contribution < -0.4 is 10.1 Å². The molecule has 0 bridgehead atoms. The van der Waals surface area contributed by atoms with Crippen molar-refractivity contribution in [1.29, 1.82) is 0 Å². The topological polar surface area (TPSA) is 41.5 Å². The van der Waals surface area contributed by atoms with Crippen molar-refractivity contribution < 1.29 is 9.84 Å². The molecule has 0 aromatic heterocycles.